The first-order valence-electron chi connectivity index (χ1n) is 6.60. The second kappa shape index (κ2) is 4.35. The third-order valence-electron chi connectivity index (χ3n) is 5.08. The van der Waals surface area contributed by atoms with Gasteiger partial charge in [0.05, 0.1) is 0 Å². The Hall–Kier alpha value is -0.340. The van der Waals surface area contributed by atoms with Gasteiger partial charge in [-0.1, -0.05) is 0 Å². The van der Waals surface area contributed by atoms with E-state index in [-0.39, 0.29) is 5.41 Å². The summed E-state index contributed by atoms with van der Waals surface area (Å²) in [7, 11) is 0. The van der Waals surface area contributed by atoms with E-state index < -0.39 is 10.5 Å². The van der Waals surface area contributed by atoms with Crippen molar-refractivity contribution in [1.29, 1.82) is 0 Å². The zero-order chi connectivity index (χ0) is 12.9. The van der Waals surface area contributed by atoms with Crippen molar-refractivity contribution < 1.29 is 9.59 Å². The zero-order valence-electron chi connectivity index (χ0n) is 10.1. The van der Waals surface area contributed by atoms with E-state index in [1.165, 1.54) is 25.3 Å². The fraction of sp³-hybridized carbons (Fsp3) is 0.714. The molecule has 0 aromatic rings. The van der Waals surface area contributed by atoms with E-state index in [4.69, 9.17) is 23.2 Å². The summed E-state index contributed by atoms with van der Waals surface area (Å²) in [5.41, 5.74) is 0.321. The lowest BCUT2D eigenvalue weighted by atomic mass is 9.48. The molecule has 0 unspecified atom stereocenters. The normalized spacial score (nSPS) is 42.1. The van der Waals surface area contributed by atoms with Gasteiger partial charge in [0.1, 0.15) is 0 Å². The van der Waals surface area contributed by atoms with Crippen LogP contribution >= 0.6 is 23.2 Å². The summed E-state index contributed by atoms with van der Waals surface area (Å²) < 4.78 is 0. The number of carbonyl (C=O) groups excluding carboxylic acids is 2. The molecular formula is C14H16Cl2O2. The standard InChI is InChI=1S/C14H16Cl2O2/c15-12(17)4-11(13(16)18)14-5-8-1-9(6-14)3-10(2-8)7-14/h4,8-10H,1-3,5-7H2/b11-4-. The molecule has 4 aliphatic rings. The van der Waals surface area contributed by atoms with Gasteiger partial charge in [0.15, 0.2) is 0 Å². The van der Waals surface area contributed by atoms with Gasteiger partial charge in [-0.2, -0.15) is 0 Å². The van der Waals surface area contributed by atoms with Crippen LogP contribution in [0.1, 0.15) is 38.5 Å². The number of rotatable bonds is 3. The van der Waals surface area contributed by atoms with Gasteiger partial charge in [-0.05, 0) is 79.5 Å². The fourth-order valence-corrected chi connectivity index (χ4v) is 5.34. The van der Waals surface area contributed by atoms with E-state index in [1.807, 2.05) is 0 Å². The van der Waals surface area contributed by atoms with Crippen molar-refractivity contribution in [2.45, 2.75) is 38.5 Å². The topological polar surface area (TPSA) is 34.1 Å². The minimum absolute atomic E-state index is 0.155. The molecular weight excluding hydrogens is 271 g/mol. The van der Waals surface area contributed by atoms with Gasteiger partial charge in [0, 0.05) is 17.1 Å². The largest absolute Gasteiger partial charge is 0.276 e. The van der Waals surface area contributed by atoms with Gasteiger partial charge < -0.3 is 0 Å². The van der Waals surface area contributed by atoms with Crippen LogP contribution in [0.3, 0.4) is 0 Å². The van der Waals surface area contributed by atoms with Crippen LogP contribution in [0.15, 0.2) is 11.6 Å². The number of allylic oxidation sites excluding steroid dienone is 2. The quantitative estimate of drug-likeness (QED) is 0.586. The SMILES string of the molecule is O=C(Cl)/C=C(/C(=O)Cl)C12CC3CC(CC(C3)C1)C2. The van der Waals surface area contributed by atoms with Gasteiger partial charge in [0.2, 0.25) is 10.5 Å². The Labute approximate surface area is 117 Å². The Morgan fingerprint density at radius 3 is 1.72 bits per heavy atom. The minimum Gasteiger partial charge on any atom is -0.276 e. The van der Waals surface area contributed by atoms with Crippen molar-refractivity contribution in [1.82, 2.24) is 0 Å². The Bertz CT molecular complexity index is 404. The average Bonchev–Trinajstić information content (AvgIpc) is 2.23. The molecule has 0 heterocycles. The molecule has 4 fully saturated rings. The maximum Gasteiger partial charge on any atom is 0.249 e. The van der Waals surface area contributed by atoms with E-state index in [1.54, 1.807) is 0 Å². The summed E-state index contributed by atoms with van der Waals surface area (Å²) >= 11 is 11.1. The van der Waals surface area contributed by atoms with Crippen molar-refractivity contribution >= 4 is 33.7 Å². The summed E-state index contributed by atoms with van der Waals surface area (Å²) in [6.45, 7) is 0. The van der Waals surface area contributed by atoms with Crippen LogP contribution in [0.25, 0.3) is 0 Å². The smallest absolute Gasteiger partial charge is 0.249 e. The first kappa shape index (κ1) is 12.7. The molecule has 18 heavy (non-hydrogen) atoms. The van der Waals surface area contributed by atoms with Crippen LogP contribution in [-0.4, -0.2) is 10.5 Å². The van der Waals surface area contributed by atoms with Crippen LogP contribution in [-0.2, 0) is 9.59 Å². The maximum absolute atomic E-state index is 11.7. The summed E-state index contributed by atoms with van der Waals surface area (Å²) in [5, 5.41) is -1.08. The van der Waals surface area contributed by atoms with Crippen LogP contribution in [0, 0.1) is 23.2 Å². The van der Waals surface area contributed by atoms with Gasteiger partial charge in [-0.3, -0.25) is 9.59 Å². The predicted molar refractivity (Wildman–Crippen MR) is 70.4 cm³/mol. The lowest BCUT2D eigenvalue weighted by Crippen LogP contribution is -2.47. The van der Waals surface area contributed by atoms with Gasteiger partial charge in [-0.15, -0.1) is 0 Å². The number of carbonyl (C=O) groups is 2. The van der Waals surface area contributed by atoms with E-state index in [0.717, 1.165) is 19.3 Å². The van der Waals surface area contributed by atoms with Crippen molar-refractivity contribution in [3.05, 3.63) is 11.6 Å². The Morgan fingerprint density at radius 1 is 0.944 bits per heavy atom. The summed E-state index contributed by atoms with van der Waals surface area (Å²) in [6, 6.07) is 0. The van der Waals surface area contributed by atoms with Gasteiger partial charge in [-0.25, -0.2) is 0 Å². The highest BCUT2D eigenvalue weighted by Gasteiger charge is 2.53. The molecule has 2 nitrogen and oxygen atoms in total. The van der Waals surface area contributed by atoms with E-state index >= 15 is 0 Å². The van der Waals surface area contributed by atoms with E-state index in [9.17, 15) is 9.59 Å². The molecule has 0 amide bonds. The van der Waals surface area contributed by atoms with Gasteiger partial charge in [0.25, 0.3) is 0 Å². The summed E-state index contributed by atoms with van der Waals surface area (Å²) in [5.74, 6) is 2.13. The Balaban J connectivity index is 1.98. The maximum atomic E-state index is 11.7. The molecule has 0 atom stereocenters. The lowest BCUT2D eigenvalue weighted by molar-refractivity contribution is -0.113. The monoisotopic (exact) mass is 286 g/mol. The molecule has 0 saturated heterocycles. The van der Waals surface area contributed by atoms with Crippen molar-refractivity contribution in [3.63, 3.8) is 0 Å². The molecule has 4 rings (SSSR count). The van der Waals surface area contributed by atoms with Crippen LogP contribution in [0.4, 0.5) is 0 Å². The lowest BCUT2D eigenvalue weighted by Gasteiger charge is -2.57. The number of hydrogen-bond acceptors (Lipinski definition) is 2. The minimum atomic E-state index is -0.588. The third kappa shape index (κ3) is 2.04. The van der Waals surface area contributed by atoms with Gasteiger partial charge >= 0.3 is 0 Å². The Kier molecular flexibility index (Phi) is 3.06. The van der Waals surface area contributed by atoms with E-state index in [0.29, 0.717) is 23.3 Å². The second-order valence-corrected chi connectivity index (χ2v) is 7.05. The highest BCUT2D eigenvalue weighted by molar-refractivity contribution is 6.70. The molecule has 0 aliphatic heterocycles. The molecule has 0 N–H and O–H groups in total. The third-order valence-corrected chi connectivity index (χ3v) is 5.39. The molecule has 0 spiro atoms. The predicted octanol–water partition coefficient (Wildman–Crippen LogP) is 3.66. The van der Waals surface area contributed by atoms with Crippen molar-refractivity contribution in [3.8, 4) is 0 Å². The molecule has 4 aliphatic carbocycles. The van der Waals surface area contributed by atoms with E-state index in [2.05, 4.69) is 0 Å². The molecule has 0 aromatic carbocycles. The molecule has 98 valence electrons. The first-order chi connectivity index (χ1) is 8.48. The van der Waals surface area contributed by atoms with Crippen molar-refractivity contribution in [2.75, 3.05) is 0 Å². The number of hydrogen-bond donors (Lipinski definition) is 0. The second-order valence-electron chi connectivity index (χ2n) is 6.33. The fourth-order valence-electron chi connectivity index (χ4n) is 4.97. The molecule has 0 radical (unpaired) electrons. The summed E-state index contributed by atoms with van der Waals surface area (Å²) in [4.78, 5) is 22.8. The molecule has 0 aromatic heterocycles. The highest BCUT2D eigenvalue weighted by atomic mass is 35.5. The molecule has 4 bridgehead atoms. The Morgan fingerprint density at radius 2 is 1.39 bits per heavy atom. The average molecular weight is 287 g/mol. The molecule has 4 saturated carbocycles. The van der Waals surface area contributed by atoms with Crippen molar-refractivity contribution in [2.24, 2.45) is 23.2 Å². The summed E-state index contributed by atoms with van der Waals surface area (Å²) in [6.07, 6.45) is 8.16. The van der Waals surface area contributed by atoms with Crippen LogP contribution in [0.5, 0.6) is 0 Å². The number of halogens is 2. The molecule has 4 heteroatoms. The van der Waals surface area contributed by atoms with Crippen LogP contribution in [0.2, 0.25) is 0 Å². The first-order valence-corrected chi connectivity index (χ1v) is 7.35. The highest BCUT2D eigenvalue weighted by Crippen LogP contribution is 2.62. The zero-order valence-corrected chi connectivity index (χ0v) is 11.6. The van der Waals surface area contributed by atoms with Crippen LogP contribution < -0.4 is 0 Å².